The fourth-order valence-corrected chi connectivity index (χ4v) is 2.29. The van der Waals surface area contributed by atoms with Gasteiger partial charge in [-0.1, -0.05) is 38.1 Å². The number of para-hydroxylation sites is 2. The van der Waals surface area contributed by atoms with E-state index in [1.165, 1.54) is 18.2 Å². The lowest BCUT2D eigenvalue weighted by Crippen LogP contribution is -2.10. The van der Waals surface area contributed by atoms with Gasteiger partial charge in [0.2, 0.25) is 0 Å². The van der Waals surface area contributed by atoms with Gasteiger partial charge < -0.3 is 15.5 Å². The molecule has 114 valence electrons. The molecule has 0 aliphatic rings. The summed E-state index contributed by atoms with van der Waals surface area (Å²) in [6.07, 6.45) is 0. The summed E-state index contributed by atoms with van der Waals surface area (Å²) >= 11 is 0. The van der Waals surface area contributed by atoms with Crippen molar-refractivity contribution in [1.82, 2.24) is 0 Å². The van der Waals surface area contributed by atoms with Gasteiger partial charge in [0.05, 0.1) is 16.8 Å². The molecule has 22 heavy (non-hydrogen) atoms. The van der Waals surface area contributed by atoms with E-state index < -0.39 is 11.9 Å². The van der Waals surface area contributed by atoms with Crippen molar-refractivity contribution in [3.63, 3.8) is 0 Å². The van der Waals surface area contributed by atoms with Crippen LogP contribution in [0.15, 0.2) is 42.5 Å². The van der Waals surface area contributed by atoms with E-state index in [-0.39, 0.29) is 22.7 Å². The average molecular weight is 299 g/mol. The Morgan fingerprint density at radius 1 is 0.909 bits per heavy atom. The van der Waals surface area contributed by atoms with Crippen LogP contribution in [0.25, 0.3) is 0 Å². The molecule has 0 unspecified atom stereocenters. The minimum Gasteiger partial charge on any atom is -0.478 e. The summed E-state index contributed by atoms with van der Waals surface area (Å²) < 4.78 is 0. The van der Waals surface area contributed by atoms with Gasteiger partial charge in [0, 0.05) is 5.69 Å². The number of benzene rings is 2. The normalized spacial score (nSPS) is 10.5. The summed E-state index contributed by atoms with van der Waals surface area (Å²) in [5, 5.41) is 21.6. The van der Waals surface area contributed by atoms with Crippen molar-refractivity contribution < 1.29 is 19.8 Å². The van der Waals surface area contributed by atoms with E-state index in [4.69, 9.17) is 0 Å². The molecule has 0 heterocycles. The van der Waals surface area contributed by atoms with Crippen LogP contribution in [0.5, 0.6) is 0 Å². The van der Waals surface area contributed by atoms with E-state index in [2.05, 4.69) is 5.32 Å². The van der Waals surface area contributed by atoms with Crippen LogP contribution in [0, 0.1) is 0 Å². The highest BCUT2D eigenvalue weighted by molar-refractivity contribution is 6.04. The molecule has 0 saturated heterocycles. The lowest BCUT2D eigenvalue weighted by molar-refractivity contribution is 0.0696. The second-order valence-corrected chi connectivity index (χ2v) is 5.21. The van der Waals surface area contributed by atoms with Gasteiger partial charge in [0.15, 0.2) is 0 Å². The van der Waals surface area contributed by atoms with Crippen LogP contribution in [0.4, 0.5) is 11.4 Å². The Morgan fingerprint density at radius 2 is 1.45 bits per heavy atom. The van der Waals surface area contributed by atoms with Crippen LogP contribution < -0.4 is 5.32 Å². The van der Waals surface area contributed by atoms with Crippen LogP contribution in [-0.2, 0) is 0 Å². The molecule has 0 aliphatic heterocycles. The van der Waals surface area contributed by atoms with Crippen molar-refractivity contribution >= 4 is 23.3 Å². The Balaban J connectivity index is 2.58. The number of carboxylic acid groups (broad SMARTS) is 2. The summed E-state index contributed by atoms with van der Waals surface area (Å²) in [5.74, 6) is -2.13. The van der Waals surface area contributed by atoms with E-state index in [0.29, 0.717) is 5.69 Å². The van der Waals surface area contributed by atoms with E-state index in [1.54, 1.807) is 6.07 Å². The predicted molar refractivity (Wildman–Crippen MR) is 84.2 cm³/mol. The van der Waals surface area contributed by atoms with E-state index in [0.717, 1.165) is 5.56 Å². The third-order valence-corrected chi connectivity index (χ3v) is 3.37. The Kier molecular flexibility index (Phi) is 4.46. The zero-order chi connectivity index (χ0) is 16.3. The number of hydrogen-bond acceptors (Lipinski definition) is 3. The summed E-state index contributed by atoms with van der Waals surface area (Å²) in [7, 11) is 0. The summed E-state index contributed by atoms with van der Waals surface area (Å²) in [4.78, 5) is 22.7. The fourth-order valence-electron chi connectivity index (χ4n) is 2.29. The SMILES string of the molecule is CC(C)c1ccccc1Nc1c(C(=O)O)cccc1C(=O)O. The van der Waals surface area contributed by atoms with Gasteiger partial charge >= 0.3 is 11.9 Å². The van der Waals surface area contributed by atoms with Crippen LogP contribution in [0.2, 0.25) is 0 Å². The van der Waals surface area contributed by atoms with E-state index in [1.807, 2.05) is 32.0 Å². The van der Waals surface area contributed by atoms with Gasteiger partial charge in [-0.05, 0) is 29.7 Å². The summed E-state index contributed by atoms with van der Waals surface area (Å²) in [5.41, 5.74) is 1.64. The van der Waals surface area contributed by atoms with Crippen molar-refractivity contribution in [2.75, 3.05) is 5.32 Å². The third kappa shape index (κ3) is 3.09. The molecule has 0 aromatic heterocycles. The van der Waals surface area contributed by atoms with Crippen molar-refractivity contribution in [3.8, 4) is 0 Å². The van der Waals surface area contributed by atoms with Gasteiger partial charge in [0.25, 0.3) is 0 Å². The number of nitrogens with one attached hydrogen (secondary N) is 1. The predicted octanol–water partition coefficient (Wildman–Crippen LogP) is 3.95. The molecule has 0 saturated carbocycles. The zero-order valence-electron chi connectivity index (χ0n) is 12.3. The Morgan fingerprint density at radius 3 is 1.95 bits per heavy atom. The van der Waals surface area contributed by atoms with Crippen LogP contribution >= 0.6 is 0 Å². The fraction of sp³-hybridized carbons (Fsp3) is 0.176. The highest BCUT2D eigenvalue weighted by atomic mass is 16.4. The number of anilines is 2. The van der Waals surface area contributed by atoms with Crippen molar-refractivity contribution in [2.24, 2.45) is 0 Å². The highest BCUT2D eigenvalue weighted by Gasteiger charge is 2.19. The minimum atomic E-state index is -1.17. The largest absolute Gasteiger partial charge is 0.478 e. The van der Waals surface area contributed by atoms with Crippen molar-refractivity contribution in [2.45, 2.75) is 19.8 Å². The monoisotopic (exact) mass is 299 g/mol. The molecule has 2 aromatic rings. The number of carbonyl (C=O) groups is 2. The van der Waals surface area contributed by atoms with Crippen LogP contribution in [0.3, 0.4) is 0 Å². The minimum absolute atomic E-state index is 0.0709. The molecule has 0 atom stereocenters. The molecule has 5 nitrogen and oxygen atoms in total. The number of hydrogen-bond donors (Lipinski definition) is 3. The highest BCUT2D eigenvalue weighted by Crippen LogP contribution is 2.30. The van der Waals surface area contributed by atoms with Crippen molar-refractivity contribution in [1.29, 1.82) is 0 Å². The molecule has 3 N–H and O–H groups in total. The molecule has 0 aliphatic carbocycles. The number of carboxylic acids is 2. The maximum absolute atomic E-state index is 11.4. The number of aromatic carboxylic acids is 2. The molecule has 0 bridgehead atoms. The first-order valence-electron chi connectivity index (χ1n) is 6.87. The molecule has 2 rings (SSSR count). The van der Waals surface area contributed by atoms with Crippen LogP contribution in [-0.4, -0.2) is 22.2 Å². The summed E-state index contributed by atoms with van der Waals surface area (Å²) in [6, 6.07) is 11.6. The number of rotatable bonds is 5. The molecule has 0 amide bonds. The van der Waals surface area contributed by atoms with Gasteiger partial charge in [-0.3, -0.25) is 0 Å². The lowest BCUT2D eigenvalue weighted by atomic mass is 10.00. The van der Waals surface area contributed by atoms with Gasteiger partial charge in [-0.25, -0.2) is 9.59 Å². The second-order valence-electron chi connectivity index (χ2n) is 5.21. The van der Waals surface area contributed by atoms with Gasteiger partial charge in [0.1, 0.15) is 0 Å². The zero-order valence-corrected chi connectivity index (χ0v) is 12.3. The maximum atomic E-state index is 11.4. The Labute approximate surface area is 128 Å². The first-order chi connectivity index (χ1) is 10.4. The van der Waals surface area contributed by atoms with Crippen molar-refractivity contribution in [3.05, 3.63) is 59.2 Å². The Bertz CT molecular complexity index is 690. The topological polar surface area (TPSA) is 86.6 Å². The van der Waals surface area contributed by atoms with Gasteiger partial charge in [-0.2, -0.15) is 0 Å². The maximum Gasteiger partial charge on any atom is 0.337 e. The Hall–Kier alpha value is -2.82. The van der Waals surface area contributed by atoms with E-state index >= 15 is 0 Å². The molecule has 0 fully saturated rings. The molecular weight excluding hydrogens is 282 g/mol. The molecule has 2 aromatic carbocycles. The standard InChI is InChI=1S/C17H17NO4/c1-10(2)11-6-3-4-9-14(11)18-15-12(16(19)20)7-5-8-13(15)17(21)22/h3-10,18H,1-2H3,(H,19,20)(H,21,22). The molecular formula is C17H17NO4. The third-order valence-electron chi connectivity index (χ3n) is 3.37. The smallest absolute Gasteiger partial charge is 0.337 e. The molecule has 0 spiro atoms. The molecule has 5 heteroatoms. The second kappa shape index (κ2) is 6.30. The lowest BCUT2D eigenvalue weighted by Gasteiger charge is -2.17. The first kappa shape index (κ1) is 15.6. The summed E-state index contributed by atoms with van der Waals surface area (Å²) in [6.45, 7) is 4.03. The van der Waals surface area contributed by atoms with E-state index in [9.17, 15) is 19.8 Å². The van der Waals surface area contributed by atoms with Gasteiger partial charge in [-0.15, -0.1) is 0 Å². The average Bonchev–Trinajstić information content (AvgIpc) is 2.47. The molecule has 0 radical (unpaired) electrons. The quantitative estimate of drug-likeness (QED) is 0.778. The van der Waals surface area contributed by atoms with Crippen LogP contribution in [0.1, 0.15) is 46.0 Å². The first-order valence-corrected chi connectivity index (χ1v) is 6.87.